The summed E-state index contributed by atoms with van der Waals surface area (Å²) in [6, 6.07) is 21.5. The second kappa shape index (κ2) is 15.6. The number of likely N-dealkylation sites (N-methyl/N-ethyl adjacent to an activating group) is 2. The summed E-state index contributed by atoms with van der Waals surface area (Å²) in [4.78, 5) is 29.7. The monoisotopic (exact) mass is 623 g/mol. The number of benzene rings is 3. The van der Waals surface area contributed by atoms with E-state index in [1.165, 1.54) is 11.9 Å². The average molecular weight is 624 g/mol. The number of nitrogens with one attached hydrogen (secondary N) is 2. The third kappa shape index (κ3) is 8.52. The van der Waals surface area contributed by atoms with E-state index in [9.17, 15) is 4.79 Å². The first-order valence-corrected chi connectivity index (χ1v) is 16.0. The number of piperazine rings is 1. The molecule has 4 aromatic rings. The lowest BCUT2D eigenvalue weighted by molar-refractivity contribution is 0.102. The van der Waals surface area contributed by atoms with E-state index in [0.29, 0.717) is 18.3 Å². The Hall–Kier alpha value is -4.67. The first-order chi connectivity index (χ1) is 22.3. The number of carbonyl (C=O) groups excluding carboxylic acids is 1. The Morgan fingerprint density at radius 2 is 1.54 bits per heavy atom. The minimum Gasteiger partial charge on any atom is -0.492 e. The largest absolute Gasteiger partial charge is 0.492 e. The van der Waals surface area contributed by atoms with Crippen molar-refractivity contribution in [2.45, 2.75) is 27.7 Å². The van der Waals surface area contributed by atoms with Gasteiger partial charge in [0.25, 0.3) is 5.91 Å². The lowest BCUT2D eigenvalue weighted by Crippen LogP contribution is -2.44. The minimum absolute atomic E-state index is 0.144. The molecule has 0 spiro atoms. The van der Waals surface area contributed by atoms with E-state index in [0.717, 1.165) is 74.1 Å². The van der Waals surface area contributed by atoms with Gasteiger partial charge in [-0.1, -0.05) is 32.0 Å². The highest BCUT2D eigenvalue weighted by Crippen LogP contribution is 2.29. The van der Waals surface area contributed by atoms with Crippen LogP contribution in [0.25, 0.3) is 0 Å². The number of ether oxygens (including phenoxy) is 2. The summed E-state index contributed by atoms with van der Waals surface area (Å²) in [6.07, 6.45) is 1.50. The van der Waals surface area contributed by atoms with Crippen LogP contribution in [0.3, 0.4) is 0 Å². The molecule has 0 unspecified atom stereocenters. The van der Waals surface area contributed by atoms with Gasteiger partial charge in [0.15, 0.2) is 0 Å². The Morgan fingerprint density at radius 1 is 0.891 bits per heavy atom. The van der Waals surface area contributed by atoms with Crippen molar-refractivity contribution in [1.82, 2.24) is 19.8 Å². The van der Waals surface area contributed by atoms with Gasteiger partial charge < -0.3 is 34.8 Å². The van der Waals surface area contributed by atoms with Crippen LogP contribution in [0.4, 0.5) is 23.0 Å². The van der Waals surface area contributed by atoms with E-state index in [1.807, 2.05) is 68.4 Å². The van der Waals surface area contributed by atoms with Gasteiger partial charge in [-0.05, 0) is 93.6 Å². The van der Waals surface area contributed by atoms with Crippen LogP contribution in [0.2, 0.25) is 0 Å². The molecule has 2 heterocycles. The number of para-hydroxylation sites is 1. The number of anilines is 4. The van der Waals surface area contributed by atoms with Gasteiger partial charge in [0.1, 0.15) is 23.7 Å². The van der Waals surface area contributed by atoms with Gasteiger partial charge in [-0.3, -0.25) is 4.79 Å². The summed E-state index contributed by atoms with van der Waals surface area (Å²) < 4.78 is 12.2. The van der Waals surface area contributed by atoms with Gasteiger partial charge in [-0.2, -0.15) is 4.98 Å². The summed E-state index contributed by atoms with van der Waals surface area (Å²) in [7, 11) is 2.15. The smallest absolute Gasteiger partial charge is 0.262 e. The maximum Gasteiger partial charge on any atom is 0.262 e. The predicted octanol–water partition coefficient (Wildman–Crippen LogP) is 6.35. The Balaban J connectivity index is 1.34. The molecular weight excluding hydrogens is 578 g/mol. The predicted molar refractivity (Wildman–Crippen MR) is 185 cm³/mol. The van der Waals surface area contributed by atoms with E-state index in [1.54, 1.807) is 0 Å². The maximum atomic E-state index is 13.6. The van der Waals surface area contributed by atoms with Gasteiger partial charge in [0, 0.05) is 56.0 Å². The molecule has 1 aliphatic rings. The Bertz CT molecular complexity index is 1560. The van der Waals surface area contributed by atoms with Crippen molar-refractivity contribution in [2.75, 3.05) is 75.0 Å². The number of hydrogen-bond donors (Lipinski definition) is 2. The molecule has 0 radical (unpaired) electrons. The first kappa shape index (κ1) is 32.7. The molecule has 242 valence electrons. The number of amides is 1. The highest BCUT2D eigenvalue weighted by molar-refractivity contribution is 6.06. The zero-order chi connectivity index (χ0) is 32.5. The molecule has 0 bridgehead atoms. The third-order valence-corrected chi connectivity index (χ3v) is 8.32. The highest BCUT2D eigenvalue weighted by Gasteiger charge is 2.20. The fourth-order valence-electron chi connectivity index (χ4n) is 5.35. The molecule has 1 aliphatic heterocycles. The molecule has 3 aromatic carbocycles. The van der Waals surface area contributed by atoms with Crippen LogP contribution in [0.5, 0.6) is 17.4 Å². The summed E-state index contributed by atoms with van der Waals surface area (Å²) in [5.74, 6) is 1.38. The van der Waals surface area contributed by atoms with E-state index in [4.69, 9.17) is 9.47 Å². The molecule has 2 N–H and O–H groups in total. The van der Waals surface area contributed by atoms with Crippen molar-refractivity contribution in [2.24, 2.45) is 0 Å². The van der Waals surface area contributed by atoms with Crippen molar-refractivity contribution in [3.8, 4) is 17.4 Å². The molecular formula is C36H45N7O3. The van der Waals surface area contributed by atoms with Crippen LogP contribution in [0.1, 0.15) is 35.3 Å². The van der Waals surface area contributed by atoms with Crippen LogP contribution in [0, 0.1) is 13.8 Å². The van der Waals surface area contributed by atoms with Crippen molar-refractivity contribution >= 4 is 28.9 Å². The van der Waals surface area contributed by atoms with Gasteiger partial charge in [-0.15, -0.1) is 0 Å². The number of hydrogen-bond acceptors (Lipinski definition) is 9. The molecule has 10 heteroatoms. The van der Waals surface area contributed by atoms with Crippen LogP contribution in [-0.4, -0.2) is 85.1 Å². The van der Waals surface area contributed by atoms with Gasteiger partial charge in [0.05, 0.1) is 0 Å². The molecule has 1 saturated heterocycles. The van der Waals surface area contributed by atoms with E-state index in [2.05, 4.69) is 68.3 Å². The second-order valence-electron chi connectivity index (χ2n) is 11.5. The fraction of sp³-hybridized carbons (Fsp3) is 0.361. The van der Waals surface area contributed by atoms with Crippen LogP contribution < -0.4 is 25.0 Å². The fourth-order valence-corrected chi connectivity index (χ4v) is 5.35. The zero-order valence-corrected chi connectivity index (χ0v) is 27.5. The Morgan fingerprint density at radius 3 is 2.20 bits per heavy atom. The zero-order valence-electron chi connectivity index (χ0n) is 27.5. The van der Waals surface area contributed by atoms with E-state index >= 15 is 0 Å². The normalized spacial score (nSPS) is 13.5. The molecule has 0 atom stereocenters. The van der Waals surface area contributed by atoms with Crippen molar-refractivity contribution in [1.29, 1.82) is 0 Å². The second-order valence-corrected chi connectivity index (χ2v) is 11.5. The molecule has 0 saturated carbocycles. The topological polar surface area (TPSA) is 95.1 Å². The number of aromatic nitrogens is 2. The number of carbonyl (C=O) groups is 1. The quantitative estimate of drug-likeness (QED) is 0.177. The van der Waals surface area contributed by atoms with Crippen molar-refractivity contribution < 1.29 is 14.3 Å². The molecule has 10 nitrogen and oxygen atoms in total. The van der Waals surface area contributed by atoms with Gasteiger partial charge >= 0.3 is 0 Å². The number of rotatable bonds is 13. The summed E-state index contributed by atoms with van der Waals surface area (Å²) in [6.45, 7) is 15.8. The molecule has 1 amide bonds. The SMILES string of the molecule is CCN(CC)CCOc1ccc(Oc2nc(Nc3ccc(N4CCN(C)CC4)cc3)ncc2C(=O)Nc2c(C)cccc2C)cc1. The minimum atomic E-state index is -0.355. The van der Waals surface area contributed by atoms with Crippen LogP contribution >= 0.6 is 0 Å². The van der Waals surface area contributed by atoms with Crippen LogP contribution in [0.15, 0.2) is 72.9 Å². The average Bonchev–Trinajstić information content (AvgIpc) is 3.06. The van der Waals surface area contributed by atoms with Crippen molar-refractivity contribution in [3.63, 3.8) is 0 Å². The van der Waals surface area contributed by atoms with Crippen molar-refractivity contribution in [3.05, 3.63) is 89.6 Å². The Kier molecular flexibility index (Phi) is 11.1. The van der Waals surface area contributed by atoms with Gasteiger partial charge in [0.2, 0.25) is 11.8 Å². The standard InChI is InChI=1S/C36H45N7O3/c1-6-42(7-2)23-24-45-30-15-17-31(18-16-30)46-35-32(34(44)39-33-26(3)9-8-10-27(33)4)25-37-36(40-35)38-28-11-13-29(14-12-28)43-21-19-41(5)20-22-43/h8-18,25H,6-7,19-24H2,1-5H3,(H,39,44)(H,37,38,40). The molecule has 5 rings (SSSR count). The van der Waals surface area contributed by atoms with E-state index in [-0.39, 0.29) is 17.4 Å². The molecule has 46 heavy (non-hydrogen) atoms. The summed E-state index contributed by atoms with van der Waals surface area (Å²) >= 11 is 0. The molecule has 0 aliphatic carbocycles. The maximum absolute atomic E-state index is 13.6. The van der Waals surface area contributed by atoms with Crippen LogP contribution in [-0.2, 0) is 0 Å². The summed E-state index contributed by atoms with van der Waals surface area (Å²) in [5, 5.41) is 6.30. The molecule has 1 fully saturated rings. The highest BCUT2D eigenvalue weighted by atomic mass is 16.5. The lowest BCUT2D eigenvalue weighted by Gasteiger charge is -2.34. The first-order valence-electron chi connectivity index (χ1n) is 16.0. The lowest BCUT2D eigenvalue weighted by atomic mass is 10.1. The van der Waals surface area contributed by atoms with Gasteiger partial charge in [-0.25, -0.2) is 4.98 Å². The number of nitrogens with zero attached hydrogens (tertiary/aromatic N) is 5. The Labute approximate surface area is 272 Å². The number of aryl methyl sites for hydroxylation is 2. The third-order valence-electron chi connectivity index (χ3n) is 8.32. The summed E-state index contributed by atoms with van der Waals surface area (Å²) in [5.41, 5.74) is 4.93. The molecule has 1 aromatic heterocycles. The van der Waals surface area contributed by atoms with E-state index < -0.39 is 0 Å².